The first-order valence-corrected chi connectivity index (χ1v) is 8.13. The molecule has 0 fully saturated rings. The maximum atomic E-state index is 12.2. The lowest BCUT2D eigenvalue weighted by Crippen LogP contribution is -2.28. The van der Waals surface area contributed by atoms with Crippen molar-refractivity contribution in [2.24, 2.45) is 0 Å². The highest BCUT2D eigenvalue weighted by atomic mass is 32.2. The van der Waals surface area contributed by atoms with Crippen LogP contribution in [0.25, 0.3) is 0 Å². The topological polar surface area (TPSA) is 79.0 Å². The van der Waals surface area contributed by atoms with Crippen LogP contribution >= 0.6 is 11.3 Å². The number of hydrogen-bond acceptors (Lipinski definition) is 4. The first kappa shape index (κ1) is 14.0. The van der Waals surface area contributed by atoms with Crippen LogP contribution in [0.2, 0.25) is 0 Å². The molecule has 5 nitrogen and oxygen atoms in total. The summed E-state index contributed by atoms with van der Waals surface area (Å²) >= 11 is 1.51. The Hall–Kier alpha value is -1.44. The van der Waals surface area contributed by atoms with E-state index >= 15 is 0 Å². The number of thiophene rings is 1. The zero-order chi connectivity index (χ0) is 13.9. The molecule has 0 aromatic carbocycles. The fraction of sp³-hybridized carbons (Fsp3) is 0.250. The first-order chi connectivity index (χ1) is 9.03. The van der Waals surface area contributed by atoms with Gasteiger partial charge in [0.15, 0.2) is 0 Å². The number of nitrogens with one attached hydrogen (secondary N) is 2. The van der Waals surface area contributed by atoms with Crippen molar-refractivity contribution >= 4 is 21.4 Å². The molecule has 2 rings (SSSR count). The van der Waals surface area contributed by atoms with Crippen molar-refractivity contribution in [3.63, 3.8) is 0 Å². The predicted octanol–water partition coefficient (Wildman–Crippen LogP) is 1.87. The molecule has 0 saturated heterocycles. The summed E-state index contributed by atoms with van der Waals surface area (Å²) in [6.07, 6.45) is 1.86. The van der Waals surface area contributed by atoms with E-state index in [9.17, 15) is 13.2 Å². The van der Waals surface area contributed by atoms with Crippen LogP contribution in [0.1, 0.15) is 24.3 Å². The first-order valence-electron chi connectivity index (χ1n) is 5.77. The molecule has 0 bridgehead atoms. The lowest BCUT2D eigenvalue weighted by Gasteiger charge is -2.15. The fourth-order valence-electron chi connectivity index (χ4n) is 1.65. The third kappa shape index (κ3) is 3.31. The Bertz CT molecular complexity index is 670. The molecule has 0 aliphatic rings. The van der Waals surface area contributed by atoms with Crippen LogP contribution in [0.15, 0.2) is 45.5 Å². The van der Waals surface area contributed by atoms with Crippen molar-refractivity contribution in [3.05, 3.63) is 51.1 Å². The van der Waals surface area contributed by atoms with Gasteiger partial charge in [-0.05, 0) is 23.9 Å². The Morgan fingerprint density at radius 3 is 2.68 bits per heavy atom. The van der Waals surface area contributed by atoms with Gasteiger partial charge in [0.05, 0.1) is 10.9 Å². The summed E-state index contributed by atoms with van der Waals surface area (Å²) in [5, 5.41) is 1.91. The monoisotopic (exact) mass is 298 g/mol. The molecule has 0 aliphatic carbocycles. The van der Waals surface area contributed by atoms with Crippen molar-refractivity contribution in [3.8, 4) is 0 Å². The molecule has 0 saturated carbocycles. The fourth-order valence-corrected chi connectivity index (χ4v) is 3.85. The van der Waals surface area contributed by atoms with Crippen molar-refractivity contribution in [1.82, 2.24) is 9.71 Å². The van der Waals surface area contributed by atoms with Crippen molar-refractivity contribution < 1.29 is 8.42 Å². The Morgan fingerprint density at radius 1 is 1.37 bits per heavy atom. The molecular weight excluding hydrogens is 284 g/mol. The van der Waals surface area contributed by atoms with E-state index in [1.165, 1.54) is 29.7 Å². The van der Waals surface area contributed by atoms with Gasteiger partial charge in [-0.15, -0.1) is 11.3 Å². The Kier molecular flexibility index (Phi) is 4.18. The molecule has 102 valence electrons. The van der Waals surface area contributed by atoms with Crippen LogP contribution in [0.4, 0.5) is 0 Å². The van der Waals surface area contributed by atoms with Gasteiger partial charge in [-0.2, -0.15) is 0 Å². The van der Waals surface area contributed by atoms with Crippen LogP contribution in [0.5, 0.6) is 0 Å². The van der Waals surface area contributed by atoms with Crippen LogP contribution < -0.4 is 10.3 Å². The summed E-state index contributed by atoms with van der Waals surface area (Å²) in [5.74, 6) is 0. The highest BCUT2D eigenvalue weighted by molar-refractivity contribution is 7.89. The number of rotatable bonds is 5. The lowest BCUT2D eigenvalue weighted by molar-refractivity contribution is 0.553. The zero-order valence-corrected chi connectivity index (χ0v) is 11.9. The molecule has 0 spiro atoms. The van der Waals surface area contributed by atoms with Gasteiger partial charge in [-0.3, -0.25) is 4.79 Å². The number of aromatic nitrogens is 1. The smallest absolute Gasteiger partial charge is 0.247 e. The van der Waals surface area contributed by atoms with Crippen molar-refractivity contribution in [2.75, 3.05) is 0 Å². The third-order valence-corrected chi connectivity index (χ3v) is 5.11. The summed E-state index contributed by atoms with van der Waals surface area (Å²) in [5.41, 5.74) is -0.329. The summed E-state index contributed by atoms with van der Waals surface area (Å²) in [4.78, 5) is 14.3. The van der Waals surface area contributed by atoms with Gasteiger partial charge in [0, 0.05) is 17.1 Å². The van der Waals surface area contributed by atoms with Gasteiger partial charge in [-0.25, -0.2) is 13.1 Å². The van der Waals surface area contributed by atoms with E-state index in [1.807, 2.05) is 24.4 Å². The molecular formula is C12H14N2O3S2. The van der Waals surface area contributed by atoms with E-state index in [-0.39, 0.29) is 16.5 Å². The van der Waals surface area contributed by atoms with Crippen molar-refractivity contribution in [1.29, 1.82) is 0 Å². The molecule has 1 unspecified atom stereocenters. The molecule has 2 aromatic heterocycles. The number of sulfonamides is 1. The molecule has 2 N–H and O–H groups in total. The molecule has 0 aliphatic heterocycles. The number of H-pyrrole nitrogens is 1. The quantitative estimate of drug-likeness (QED) is 0.884. The van der Waals surface area contributed by atoms with Gasteiger partial charge < -0.3 is 4.98 Å². The van der Waals surface area contributed by atoms with E-state index in [0.717, 1.165) is 4.88 Å². The number of pyridine rings is 1. The minimum atomic E-state index is -3.63. The molecule has 2 heterocycles. The summed E-state index contributed by atoms with van der Waals surface area (Å²) < 4.78 is 27.0. The van der Waals surface area contributed by atoms with Gasteiger partial charge in [-0.1, -0.05) is 13.0 Å². The molecule has 0 radical (unpaired) electrons. The molecule has 2 aromatic rings. The molecule has 19 heavy (non-hydrogen) atoms. The summed E-state index contributed by atoms with van der Waals surface area (Å²) in [6.45, 7) is 1.92. The van der Waals surface area contributed by atoms with Crippen molar-refractivity contribution in [2.45, 2.75) is 24.3 Å². The zero-order valence-electron chi connectivity index (χ0n) is 10.3. The normalized spacial score (nSPS) is 13.3. The van der Waals surface area contributed by atoms with Crippen LogP contribution in [0.3, 0.4) is 0 Å². The third-order valence-electron chi connectivity index (χ3n) is 2.66. The second-order valence-electron chi connectivity index (χ2n) is 3.99. The van der Waals surface area contributed by atoms with E-state index < -0.39 is 10.0 Å². The van der Waals surface area contributed by atoms with Gasteiger partial charge >= 0.3 is 0 Å². The summed E-state index contributed by atoms with van der Waals surface area (Å²) in [6, 6.07) is 6.02. The van der Waals surface area contributed by atoms with Crippen LogP contribution in [0, 0.1) is 0 Å². The van der Waals surface area contributed by atoms with Crippen LogP contribution in [-0.2, 0) is 10.0 Å². The largest absolute Gasteiger partial charge is 0.328 e. The standard InChI is InChI=1S/C12H14N2O3S2/c1-2-10(11-4-3-7-18-11)14-19(16,17)9-5-6-12(15)13-8-9/h3-8,10,14H,2H2,1H3,(H,13,15). The highest BCUT2D eigenvalue weighted by Gasteiger charge is 2.20. The van der Waals surface area contributed by atoms with E-state index in [4.69, 9.17) is 0 Å². The van der Waals surface area contributed by atoms with E-state index in [0.29, 0.717) is 6.42 Å². The van der Waals surface area contributed by atoms with E-state index in [2.05, 4.69) is 9.71 Å². The average molecular weight is 298 g/mol. The Morgan fingerprint density at radius 2 is 2.16 bits per heavy atom. The average Bonchev–Trinajstić information content (AvgIpc) is 2.90. The lowest BCUT2D eigenvalue weighted by atomic mass is 10.2. The minimum Gasteiger partial charge on any atom is -0.328 e. The second kappa shape index (κ2) is 5.68. The number of hydrogen-bond donors (Lipinski definition) is 2. The maximum absolute atomic E-state index is 12.2. The van der Waals surface area contributed by atoms with Gasteiger partial charge in [0.25, 0.3) is 0 Å². The molecule has 0 amide bonds. The SMILES string of the molecule is CCC(NS(=O)(=O)c1ccc(=O)[nH]c1)c1cccs1. The minimum absolute atomic E-state index is 0.0575. The second-order valence-corrected chi connectivity index (χ2v) is 6.68. The Labute approximate surface area is 115 Å². The number of aromatic amines is 1. The van der Waals surface area contributed by atoms with Crippen LogP contribution in [-0.4, -0.2) is 13.4 Å². The highest BCUT2D eigenvalue weighted by Crippen LogP contribution is 2.23. The molecule has 1 atom stereocenters. The van der Waals surface area contributed by atoms with Gasteiger partial charge in [0.2, 0.25) is 15.6 Å². The maximum Gasteiger partial charge on any atom is 0.247 e. The van der Waals surface area contributed by atoms with E-state index in [1.54, 1.807) is 0 Å². The van der Waals surface area contributed by atoms with Gasteiger partial charge in [0.1, 0.15) is 0 Å². The summed E-state index contributed by atoms with van der Waals surface area (Å²) in [7, 11) is -3.63. The molecule has 7 heteroatoms. The Balaban J connectivity index is 2.25. The predicted molar refractivity (Wildman–Crippen MR) is 74.7 cm³/mol.